The van der Waals surface area contributed by atoms with E-state index in [4.69, 9.17) is 0 Å². The van der Waals surface area contributed by atoms with Gasteiger partial charge in [-0.25, -0.2) is 9.50 Å². The summed E-state index contributed by atoms with van der Waals surface area (Å²) in [4.78, 5) is 5.60. The minimum atomic E-state index is 0.0355. The van der Waals surface area contributed by atoms with E-state index in [1.54, 1.807) is 11.3 Å². The third-order valence-electron chi connectivity index (χ3n) is 4.22. The van der Waals surface area contributed by atoms with E-state index in [1.807, 2.05) is 34.8 Å². The van der Waals surface area contributed by atoms with Gasteiger partial charge in [0.1, 0.15) is 0 Å². The van der Waals surface area contributed by atoms with Crippen LogP contribution >= 0.6 is 11.3 Å². The summed E-state index contributed by atoms with van der Waals surface area (Å²) in [5, 5.41) is 13.1. The lowest BCUT2D eigenvalue weighted by molar-refractivity contribution is 0.572. The maximum Gasteiger partial charge on any atom is 0.214 e. The third kappa shape index (κ3) is 3.35. The Labute approximate surface area is 156 Å². The average Bonchev–Trinajstić information content (AvgIpc) is 3.26. The molecule has 0 fully saturated rings. The Morgan fingerprint density at radius 3 is 2.69 bits per heavy atom. The molecule has 4 rings (SSSR count). The molecule has 0 amide bonds. The standard InChI is InChI=1S/C19H22N6S/c1-19(2,3)16-12-25-18(22-16)26-17(23-25)20-9-13-6-5-7-14(8-13)15-10-21-24(4)11-15/h5-8,10-12H,9H2,1-4H3,(H,20,23). The van der Waals surface area contributed by atoms with Gasteiger partial charge in [0, 0.05) is 30.8 Å². The number of nitrogens with one attached hydrogen (secondary N) is 1. The Hall–Kier alpha value is -2.67. The molecule has 0 aliphatic carbocycles. The summed E-state index contributed by atoms with van der Waals surface area (Å²) in [5.41, 5.74) is 4.59. The Morgan fingerprint density at radius 2 is 2.00 bits per heavy atom. The topological polar surface area (TPSA) is 60.0 Å². The molecule has 3 aromatic heterocycles. The molecular formula is C19H22N6S. The summed E-state index contributed by atoms with van der Waals surface area (Å²) >= 11 is 1.57. The molecule has 1 N–H and O–H groups in total. The molecule has 0 radical (unpaired) electrons. The van der Waals surface area contributed by atoms with Gasteiger partial charge < -0.3 is 5.32 Å². The molecule has 0 aliphatic heterocycles. The fraction of sp³-hybridized carbons (Fsp3) is 0.316. The number of imidazole rings is 1. The molecule has 0 saturated carbocycles. The van der Waals surface area contributed by atoms with Crippen molar-refractivity contribution >= 4 is 21.4 Å². The zero-order valence-corrected chi connectivity index (χ0v) is 16.2. The second-order valence-corrected chi connectivity index (χ2v) is 8.42. The predicted octanol–water partition coefficient (Wildman–Crippen LogP) is 4.10. The van der Waals surface area contributed by atoms with Gasteiger partial charge in [0.25, 0.3) is 0 Å². The predicted molar refractivity (Wildman–Crippen MR) is 106 cm³/mol. The van der Waals surface area contributed by atoms with Gasteiger partial charge in [0.05, 0.1) is 18.1 Å². The maximum atomic E-state index is 4.69. The number of hydrogen-bond acceptors (Lipinski definition) is 5. The minimum Gasteiger partial charge on any atom is -0.356 e. The summed E-state index contributed by atoms with van der Waals surface area (Å²) in [7, 11) is 1.93. The second-order valence-electron chi connectivity index (χ2n) is 7.47. The minimum absolute atomic E-state index is 0.0355. The highest BCUT2D eigenvalue weighted by Crippen LogP contribution is 2.26. The number of rotatable bonds is 4. The van der Waals surface area contributed by atoms with Crippen molar-refractivity contribution in [1.82, 2.24) is 24.4 Å². The number of aryl methyl sites for hydroxylation is 1. The molecule has 0 saturated heterocycles. The lowest BCUT2D eigenvalue weighted by Crippen LogP contribution is -2.11. The summed E-state index contributed by atoms with van der Waals surface area (Å²) in [6, 6.07) is 8.47. The van der Waals surface area contributed by atoms with Gasteiger partial charge in [-0.2, -0.15) is 5.10 Å². The molecule has 0 unspecified atom stereocenters. The zero-order valence-electron chi connectivity index (χ0n) is 15.4. The van der Waals surface area contributed by atoms with E-state index >= 15 is 0 Å². The first-order chi connectivity index (χ1) is 12.4. The van der Waals surface area contributed by atoms with Crippen molar-refractivity contribution in [1.29, 1.82) is 0 Å². The number of benzene rings is 1. The van der Waals surface area contributed by atoms with Gasteiger partial charge in [-0.05, 0) is 17.2 Å². The van der Waals surface area contributed by atoms with E-state index in [9.17, 15) is 0 Å². The van der Waals surface area contributed by atoms with Crippen molar-refractivity contribution in [2.24, 2.45) is 7.05 Å². The molecule has 134 valence electrons. The number of nitrogens with zero attached hydrogens (tertiary/aromatic N) is 5. The van der Waals surface area contributed by atoms with Crippen LogP contribution in [0.5, 0.6) is 0 Å². The van der Waals surface area contributed by atoms with Crippen molar-refractivity contribution < 1.29 is 0 Å². The van der Waals surface area contributed by atoms with Crippen molar-refractivity contribution in [2.45, 2.75) is 32.7 Å². The van der Waals surface area contributed by atoms with Crippen molar-refractivity contribution in [3.63, 3.8) is 0 Å². The van der Waals surface area contributed by atoms with Crippen LogP contribution in [0.2, 0.25) is 0 Å². The SMILES string of the molecule is Cn1cc(-c2cccc(CNc3nn4cc(C(C)(C)C)nc4s3)c2)cn1. The van der Waals surface area contributed by atoms with Gasteiger partial charge in [-0.15, -0.1) is 5.10 Å². The zero-order chi connectivity index (χ0) is 18.3. The largest absolute Gasteiger partial charge is 0.356 e. The average molecular weight is 366 g/mol. The van der Waals surface area contributed by atoms with Gasteiger partial charge in [-0.3, -0.25) is 4.68 Å². The molecule has 0 spiro atoms. The lowest BCUT2D eigenvalue weighted by Gasteiger charge is -2.13. The van der Waals surface area contributed by atoms with Crippen molar-refractivity contribution in [3.05, 3.63) is 54.1 Å². The molecule has 0 bridgehead atoms. The number of anilines is 1. The Balaban J connectivity index is 1.49. The molecule has 0 atom stereocenters. The van der Waals surface area contributed by atoms with Crippen LogP contribution in [0.15, 0.2) is 42.9 Å². The van der Waals surface area contributed by atoms with E-state index in [0.29, 0.717) is 0 Å². The Bertz CT molecular complexity index is 1020. The number of fused-ring (bicyclic) bond motifs is 1. The second kappa shape index (κ2) is 6.25. The van der Waals surface area contributed by atoms with Gasteiger partial charge in [0.2, 0.25) is 10.1 Å². The summed E-state index contributed by atoms with van der Waals surface area (Å²) in [5.74, 6) is 0. The summed E-state index contributed by atoms with van der Waals surface area (Å²) < 4.78 is 3.68. The van der Waals surface area contributed by atoms with Crippen LogP contribution < -0.4 is 5.32 Å². The third-order valence-corrected chi connectivity index (χ3v) is 5.10. The van der Waals surface area contributed by atoms with E-state index in [1.165, 1.54) is 11.1 Å². The van der Waals surface area contributed by atoms with Gasteiger partial charge in [-0.1, -0.05) is 50.3 Å². The van der Waals surface area contributed by atoms with E-state index in [0.717, 1.165) is 27.9 Å². The van der Waals surface area contributed by atoms with Crippen LogP contribution in [-0.4, -0.2) is 24.4 Å². The molecular weight excluding hydrogens is 344 g/mol. The monoisotopic (exact) mass is 366 g/mol. The molecule has 0 aliphatic rings. The maximum absolute atomic E-state index is 4.69. The molecule has 4 aromatic rings. The highest BCUT2D eigenvalue weighted by Gasteiger charge is 2.19. The smallest absolute Gasteiger partial charge is 0.214 e. The Kier molecular flexibility index (Phi) is 4.03. The quantitative estimate of drug-likeness (QED) is 0.591. The van der Waals surface area contributed by atoms with Crippen LogP contribution in [0.4, 0.5) is 5.13 Å². The van der Waals surface area contributed by atoms with Crippen molar-refractivity contribution in [2.75, 3.05) is 5.32 Å². The number of hydrogen-bond donors (Lipinski definition) is 1. The first-order valence-corrected chi connectivity index (χ1v) is 9.39. The molecule has 3 heterocycles. The van der Waals surface area contributed by atoms with E-state index < -0.39 is 0 Å². The number of aromatic nitrogens is 5. The Morgan fingerprint density at radius 1 is 1.15 bits per heavy atom. The molecule has 6 nitrogen and oxygen atoms in total. The van der Waals surface area contributed by atoms with Crippen LogP contribution in [-0.2, 0) is 19.0 Å². The normalized spacial score (nSPS) is 12.0. The van der Waals surface area contributed by atoms with Crippen LogP contribution in [0, 0.1) is 0 Å². The highest BCUT2D eigenvalue weighted by atomic mass is 32.1. The van der Waals surface area contributed by atoms with Gasteiger partial charge in [0.15, 0.2) is 0 Å². The highest BCUT2D eigenvalue weighted by molar-refractivity contribution is 7.20. The molecule has 7 heteroatoms. The fourth-order valence-corrected chi connectivity index (χ4v) is 3.52. The fourth-order valence-electron chi connectivity index (χ4n) is 2.74. The summed E-state index contributed by atoms with van der Waals surface area (Å²) in [6.45, 7) is 7.20. The first-order valence-electron chi connectivity index (χ1n) is 8.57. The molecule has 26 heavy (non-hydrogen) atoms. The van der Waals surface area contributed by atoms with E-state index in [-0.39, 0.29) is 5.41 Å². The van der Waals surface area contributed by atoms with Gasteiger partial charge >= 0.3 is 0 Å². The van der Waals surface area contributed by atoms with Crippen LogP contribution in [0.25, 0.3) is 16.1 Å². The van der Waals surface area contributed by atoms with E-state index in [2.05, 4.69) is 65.5 Å². The lowest BCUT2D eigenvalue weighted by atomic mass is 9.93. The van der Waals surface area contributed by atoms with Crippen LogP contribution in [0.1, 0.15) is 32.0 Å². The van der Waals surface area contributed by atoms with Crippen molar-refractivity contribution in [3.8, 4) is 11.1 Å². The molecule has 1 aromatic carbocycles. The first kappa shape index (κ1) is 16.8. The summed E-state index contributed by atoms with van der Waals surface area (Å²) in [6.07, 6.45) is 5.92. The van der Waals surface area contributed by atoms with Crippen LogP contribution in [0.3, 0.4) is 0 Å².